The first-order valence-electron chi connectivity index (χ1n) is 11.5. The lowest BCUT2D eigenvalue weighted by atomic mass is 9.98. The maximum absolute atomic E-state index is 6.50. The van der Waals surface area contributed by atoms with Crippen LogP contribution in [0.3, 0.4) is 0 Å². The summed E-state index contributed by atoms with van der Waals surface area (Å²) in [6.45, 7) is 0. The molecule has 4 aliphatic rings. The summed E-state index contributed by atoms with van der Waals surface area (Å²) >= 11 is 0. The number of hydrogen-bond acceptors (Lipinski definition) is 4. The molecule has 2 heterocycles. The monoisotopic (exact) mass is 420 g/mol. The minimum atomic E-state index is -0.0899. The quantitative estimate of drug-likeness (QED) is 0.594. The minimum Gasteiger partial charge on any atom is -0.474 e. The summed E-state index contributed by atoms with van der Waals surface area (Å²) in [7, 11) is 0. The van der Waals surface area contributed by atoms with E-state index in [1.54, 1.807) is 0 Å². The van der Waals surface area contributed by atoms with Crippen LogP contribution < -0.4 is 0 Å². The summed E-state index contributed by atoms with van der Waals surface area (Å²) in [4.78, 5) is 10.2. The van der Waals surface area contributed by atoms with Gasteiger partial charge in [-0.25, -0.2) is 9.98 Å². The van der Waals surface area contributed by atoms with Gasteiger partial charge >= 0.3 is 0 Å². The summed E-state index contributed by atoms with van der Waals surface area (Å²) in [6.07, 6.45) is 2.78. The molecule has 7 rings (SSSR count). The normalized spacial score (nSPS) is 26.5. The van der Waals surface area contributed by atoms with E-state index in [1.807, 2.05) is 6.07 Å². The van der Waals surface area contributed by atoms with Crippen LogP contribution in [0, 0.1) is 5.92 Å². The summed E-state index contributed by atoms with van der Waals surface area (Å²) in [5.74, 6) is 1.48. The first-order chi connectivity index (χ1) is 15.8. The van der Waals surface area contributed by atoms with Crippen LogP contribution in [0.4, 0.5) is 0 Å². The zero-order chi connectivity index (χ0) is 21.1. The molecule has 4 nitrogen and oxygen atoms in total. The molecule has 32 heavy (non-hydrogen) atoms. The number of benzene rings is 3. The second kappa shape index (κ2) is 7.06. The van der Waals surface area contributed by atoms with Gasteiger partial charge in [-0.05, 0) is 34.2 Å². The van der Waals surface area contributed by atoms with Gasteiger partial charge < -0.3 is 9.47 Å². The predicted octanol–water partition coefficient (Wildman–Crippen LogP) is 5.03. The molecule has 0 spiro atoms. The highest BCUT2D eigenvalue weighted by Crippen LogP contribution is 2.44. The average molecular weight is 421 g/mol. The Labute approximate surface area is 187 Å². The highest BCUT2D eigenvalue weighted by molar-refractivity contribution is 6.02. The Bertz CT molecular complexity index is 1170. The summed E-state index contributed by atoms with van der Waals surface area (Å²) in [6, 6.07) is 27.8. The maximum Gasteiger partial charge on any atom is 0.197 e. The van der Waals surface area contributed by atoms with E-state index in [4.69, 9.17) is 19.5 Å². The molecule has 0 aromatic heterocycles. The Balaban J connectivity index is 1.25. The van der Waals surface area contributed by atoms with Crippen LogP contribution in [0.5, 0.6) is 0 Å². The third-order valence-corrected chi connectivity index (χ3v) is 7.25. The van der Waals surface area contributed by atoms with Crippen molar-refractivity contribution in [2.24, 2.45) is 15.9 Å². The van der Waals surface area contributed by atoms with Gasteiger partial charge in [-0.1, -0.05) is 78.9 Å². The Morgan fingerprint density at radius 2 is 1.16 bits per heavy atom. The molecular weight excluding hydrogens is 396 g/mol. The van der Waals surface area contributed by atoms with Gasteiger partial charge in [0.15, 0.2) is 11.8 Å². The van der Waals surface area contributed by atoms with Crippen LogP contribution in [0.2, 0.25) is 0 Å². The van der Waals surface area contributed by atoms with E-state index in [-0.39, 0.29) is 30.2 Å². The van der Waals surface area contributed by atoms with E-state index in [2.05, 4.69) is 72.8 Å². The number of hydrogen-bond donors (Lipinski definition) is 0. The standard InChI is InChI=1S/C28H24N2O2/c1-2-8-17(9-3-1)14-22(27-29-25-20-12-6-4-10-18(20)15-23(25)31-27)28-30-26-21-13-7-5-11-19(21)16-24(26)32-28/h1-13,22-26H,14-16H2/t23-,24-,25+,26+/m1/s1. The van der Waals surface area contributed by atoms with Crippen LogP contribution in [0.1, 0.15) is 39.9 Å². The lowest BCUT2D eigenvalue weighted by molar-refractivity contribution is 0.182. The molecule has 0 saturated heterocycles. The highest BCUT2D eigenvalue weighted by Gasteiger charge is 2.46. The predicted molar refractivity (Wildman–Crippen MR) is 124 cm³/mol. The molecular formula is C28H24N2O2. The third-order valence-electron chi connectivity index (χ3n) is 7.25. The van der Waals surface area contributed by atoms with E-state index in [1.165, 1.54) is 27.8 Å². The van der Waals surface area contributed by atoms with Crippen molar-refractivity contribution in [3.63, 3.8) is 0 Å². The third kappa shape index (κ3) is 2.82. The van der Waals surface area contributed by atoms with Crippen molar-refractivity contribution < 1.29 is 9.47 Å². The molecule has 3 aromatic rings. The summed E-state index contributed by atoms with van der Waals surface area (Å²) in [5.41, 5.74) is 6.54. The van der Waals surface area contributed by atoms with Crippen LogP contribution >= 0.6 is 0 Å². The van der Waals surface area contributed by atoms with Gasteiger partial charge in [0.25, 0.3) is 0 Å². The van der Waals surface area contributed by atoms with E-state index in [9.17, 15) is 0 Å². The molecule has 3 aromatic carbocycles. The Morgan fingerprint density at radius 1 is 0.656 bits per heavy atom. The second-order valence-electron chi connectivity index (χ2n) is 9.19. The molecule has 0 saturated carbocycles. The van der Waals surface area contributed by atoms with Gasteiger partial charge in [-0.2, -0.15) is 0 Å². The van der Waals surface area contributed by atoms with E-state index < -0.39 is 0 Å². The molecule has 4 heteroatoms. The van der Waals surface area contributed by atoms with Gasteiger partial charge in [-0.3, -0.25) is 0 Å². The average Bonchev–Trinajstić information content (AvgIpc) is 3.57. The summed E-state index contributed by atoms with van der Waals surface area (Å²) < 4.78 is 13.0. The molecule has 0 radical (unpaired) electrons. The number of fused-ring (bicyclic) bond motifs is 6. The van der Waals surface area contributed by atoms with E-state index in [0.29, 0.717) is 0 Å². The van der Waals surface area contributed by atoms with Crippen molar-refractivity contribution in [3.05, 3.63) is 107 Å². The first-order valence-corrected chi connectivity index (χ1v) is 11.5. The van der Waals surface area contributed by atoms with Crippen molar-refractivity contribution in [1.29, 1.82) is 0 Å². The van der Waals surface area contributed by atoms with Gasteiger partial charge in [-0.15, -0.1) is 0 Å². The number of aliphatic imine (C=N–C) groups is 2. The van der Waals surface area contributed by atoms with E-state index in [0.717, 1.165) is 31.1 Å². The topological polar surface area (TPSA) is 43.2 Å². The molecule has 0 bridgehead atoms. The smallest absolute Gasteiger partial charge is 0.197 e. The maximum atomic E-state index is 6.50. The first kappa shape index (κ1) is 18.2. The Kier molecular flexibility index (Phi) is 4.01. The van der Waals surface area contributed by atoms with Crippen LogP contribution in [-0.4, -0.2) is 24.0 Å². The van der Waals surface area contributed by atoms with Crippen LogP contribution in [-0.2, 0) is 28.7 Å². The lowest BCUT2D eigenvalue weighted by Crippen LogP contribution is -2.30. The minimum absolute atomic E-state index is 0.0849. The lowest BCUT2D eigenvalue weighted by Gasteiger charge is -2.19. The van der Waals surface area contributed by atoms with Gasteiger partial charge in [0.2, 0.25) is 0 Å². The SMILES string of the molecule is c1ccc(CC(C2=N[C@H]3c4ccccc4C[C@H]3O2)C2=N[C@H]3c4ccccc4C[C@H]3O2)cc1. The fraction of sp³-hybridized carbons (Fsp3) is 0.286. The molecule has 0 amide bonds. The molecule has 0 unspecified atom stereocenters. The molecule has 0 N–H and O–H groups in total. The van der Waals surface area contributed by atoms with Crippen molar-refractivity contribution in [3.8, 4) is 0 Å². The van der Waals surface area contributed by atoms with Crippen LogP contribution in [0.15, 0.2) is 88.8 Å². The zero-order valence-electron chi connectivity index (χ0n) is 17.7. The fourth-order valence-electron chi connectivity index (χ4n) is 5.71. The molecule has 158 valence electrons. The number of nitrogens with zero attached hydrogens (tertiary/aromatic N) is 2. The zero-order valence-corrected chi connectivity index (χ0v) is 17.7. The van der Waals surface area contributed by atoms with Crippen molar-refractivity contribution in [2.45, 2.75) is 43.6 Å². The van der Waals surface area contributed by atoms with E-state index >= 15 is 0 Å². The number of ether oxygens (including phenoxy) is 2. The molecule has 2 aliphatic carbocycles. The second-order valence-corrected chi connectivity index (χ2v) is 9.19. The summed E-state index contributed by atoms with van der Waals surface area (Å²) in [5, 5.41) is 0. The highest BCUT2D eigenvalue weighted by atomic mass is 16.5. The van der Waals surface area contributed by atoms with Gasteiger partial charge in [0, 0.05) is 12.8 Å². The Morgan fingerprint density at radius 3 is 1.72 bits per heavy atom. The van der Waals surface area contributed by atoms with Gasteiger partial charge in [0.1, 0.15) is 30.2 Å². The molecule has 0 fully saturated rings. The fourth-order valence-corrected chi connectivity index (χ4v) is 5.71. The van der Waals surface area contributed by atoms with Gasteiger partial charge in [0.05, 0.1) is 0 Å². The van der Waals surface area contributed by atoms with Crippen LogP contribution in [0.25, 0.3) is 0 Å². The number of rotatable bonds is 4. The molecule has 4 atom stereocenters. The van der Waals surface area contributed by atoms with Crippen molar-refractivity contribution in [1.82, 2.24) is 0 Å². The largest absolute Gasteiger partial charge is 0.474 e. The van der Waals surface area contributed by atoms with Crippen molar-refractivity contribution >= 4 is 11.8 Å². The van der Waals surface area contributed by atoms with Crippen molar-refractivity contribution in [2.75, 3.05) is 0 Å². The molecule has 2 aliphatic heterocycles. The Hall–Kier alpha value is -3.40.